The first kappa shape index (κ1) is 17.4. The monoisotopic (exact) mass is 283 g/mol. The molecule has 118 valence electrons. The smallest absolute Gasteiger partial charge is 0.224 e. The van der Waals surface area contributed by atoms with Crippen molar-refractivity contribution in [1.82, 2.24) is 15.1 Å². The lowest BCUT2D eigenvalue weighted by Gasteiger charge is -2.35. The van der Waals surface area contributed by atoms with Gasteiger partial charge in [-0.1, -0.05) is 6.92 Å². The Labute approximate surface area is 124 Å². The van der Waals surface area contributed by atoms with Gasteiger partial charge in [0.05, 0.1) is 0 Å². The van der Waals surface area contributed by atoms with Crippen LogP contribution in [-0.2, 0) is 4.79 Å². The van der Waals surface area contributed by atoms with Crippen LogP contribution >= 0.6 is 0 Å². The summed E-state index contributed by atoms with van der Waals surface area (Å²) >= 11 is 0. The standard InChI is InChI=1S/C16H33N3O/c1-6-17-14(4)11-16(20)19-9-7-15(8-10-19)12-18(5)13(2)3/h13-15,17H,6-12H2,1-5H3. The quantitative estimate of drug-likeness (QED) is 0.776. The van der Waals surface area contributed by atoms with Crippen LogP contribution in [0.1, 0.15) is 47.0 Å². The largest absolute Gasteiger partial charge is 0.343 e. The van der Waals surface area contributed by atoms with Crippen molar-refractivity contribution in [3.63, 3.8) is 0 Å². The van der Waals surface area contributed by atoms with Crippen LogP contribution in [0.3, 0.4) is 0 Å². The third-order valence-corrected chi connectivity index (χ3v) is 4.43. The second-order valence-corrected chi connectivity index (χ2v) is 6.52. The number of piperidine rings is 1. The highest BCUT2D eigenvalue weighted by molar-refractivity contribution is 5.76. The summed E-state index contributed by atoms with van der Waals surface area (Å²) in [6, 6.07) is 0.896. The molecule has 1 fully saturated rings. The average molecular weight is 283 g/mol. The van der Waals surface area contributed by atoms with Crippen molar-refractivity contribution in [2.45, 2.75) is 59.0 Å². The highest BCUT2D eigenvalue weighted by Gasteiger charge is 2.24. The maximum atomic E-state index is 12.2. The molecule has 0 aromatic heterocycles. The average Bonchev–Trinajstić information content (AvgIpc) is 2.39. The number of nitrogens with one attached hydrogen (secondary N) is 1. The molecule has 0 spiro atoms. The molecule has 1 unspecified atom stereocenters. The van der Waals surface area contributed by atoms with Crippen LogP contribution < -0.4 is 5.32 Å². The van der Waals surface area contributed by atoms with Gasteiger partial charge in [-0.3, -0.25) is 4.79 Å². The fourth-order valence-electron chi connectivity index (χ4n) is 2.79. The molecule has 0 bridgehead atoms. The molecule has 1 aliphatic heterocycles. The van der Waals surface area contributed by atoms with Crippen LogP contribution in [0.5, 0.6) is 0 Å². The number of rotatable bonds is 7. The molecule has 0 aromatic carbocycles. The molecular weight excluding hydrogens is 250 g/mol. The van der Waals surface area contributed by atoms with E-state index >= 15 is 0 Å². The summed E-state index contributed by atoms with van der Waals surface area (Å²) in [7, 11) is 2.19. The predicted molar refractivity (Wildman–Crippen MR) is 84.8 cm³/mol. The zero-order valence-corrected chi connectivity index (χ0v) is 14.0. The minimum atomic E-state index is 0.289. The minimum absolute atomic E-state index is 0.289. The summed E-state index contributed by atoms with van der Waals surface area (Å²) in [5.41, 5.74) is 0. The van der Waals surface area contributed by atoms with Gasteiger partial charge in [-0.15, -0.1) is 0 Å². The molecule has 1 atom stereocenters. The summed E-state index contributed by atoms with van der Waals surface area (Å²) in [6.07, 6.45) is 2.93. The Kier molecular flexibility index (Phi) is 7.52. The molecule has 1 rings (SSSR count). The Morgan fingerprint density at radius 3 is 2.40 bits per heavy atom. The van der Waals surface area contributed by atoms with Gasteiger partial charge >= 0.3 is 0 Å². The van der Waals surface area contributed by atoms with E-state index in [-0.39, 0.29) is 6.04 Å². The molecule has 1 aliphatic rings. The third kappa shape index (κ3) is 5.80. The first-order chi connectivity index (χ1) is 9.43. The summed E-state index contributed by atoms with van der Waals surface area (Å²) < 4.78 is 0. The molecule has 0 radical (unpaired) electrons. The number of hydrogen-bond acceptors (Lipinski definition) is 3. The fraction of sp³-hybridized carbons (Fsp3) is 0.938. The first-order valence-electron chi connectivity index (χ1n) is 8.15. The van der Waals surface area contributed by atoms with Gasteiger partial charge in [-0.05, 0) is 53.1 Å². The van der Waals surface area contributed by atoms with E-state index in [9.17, 15) is 4.79 Å². The van der Waals surface area contributed by atoms with E-state index in [1.165, 1.54) is 0 Å². The van der Waals surface area contributed by atoms with E-state index in [0.29, 0.717) is 18.4 Å². The normalized spacial score (nSPS) is 18.9. The van der Waals surface area contributed by atoms with Crippen molar-refractivity contribution in [3.8, 4) is 0 Å². The number of amides is 1. The van der Waals surface area contributed by atoms with E-state index < -0.39 is 0 Å². The van der Waals surface area contributed by atoms with Crippen LogP contribution in [0.25, 0.3) is 0 Å². The van der Waals surface area contributed by atoms with E-state index in [1.54, 1.807) is 0 Å². The summed E-state index contributed by atoms with van der Waals surface area (Å²) in [4.78, 5) is 16.7. The van der Waals surface area contributed by atoms with Gasteiger partial charge in [-0.25, -0.2) is 0 Å². The Hall–Kier alpha value is -0.610. The van der Waals surface area contributed by atoms with Crippen molar-refractivity contribution in [1.29, 1.82) is 0 Å². The lowest BCUT2D eigenvalue weighted by molar-refractivity contribution is -0.133. The molecule has 4 nitrogen and oxygen atoms in total. The first-order valence-corrected chi connectivity index (χ1v) is 8.15. The van der Waals surface area contributed by atoms with Crippen LogP contribution in [0.4, 0.5) is 0 Å². The van der Waals surface area contributed by atoms with Gasteiger partial charge in [0, 0.05) is 38.1 Å². The van der Waals surface area contributed by atoms with Crippen LogP contribution in [0.15, 0.2) is 0 Å². The van der Waals surface area contributed by atoms with Crippen molar-refractivity contribution >= 4 is 5.91 Å². The molecule has 1 saturated heterocycles. The molecule has 1 N–H and O–H groups in total. The third-order valence-electron chi connectivity index (χ3n) is 4.43. The molecule has 0 aliphatic carbocycles. The van der Waals surface area contributed by atoms with Gasteiger partial charge in [0.25, 0.3) is 0 Å². The van der Waals surface area contributed by atoms with Gasteiger partial charge in [-0.2, -0.15) is 0 Å². The predicted octanol–water partition coefficient (Wildman–Crippen LogP) is 1.95. The van der Waals surface area contributed by atoms with Gasteiger partial charge in [0.2, 0.25) is 5.91 Å². The topological polar surface area (TPSA) is 35.6 Å². The summed E-state index contributed by atoms with van der Waals surface area (Å²) in [6.45, 7) is 12.6. The second-order valence-electron chi connectivity index (χ2n) is 6.52. The van der Waals surface area contributed by atoms with Crippen molar-refractivity contribution in [3.05, 3.63) is 0 Å². The van der Waals surface area contributed by atoms with E-state index in [2.05, 4.69) is 49.9 Å². The maximum Gasteiger partial charge on any atom is 0.224 e. The lowest BCUT2D eigenvalue weighted by Crippen LogP contribution is -2.43. The highest BCUT2D eigenvalue weighted by atomic mass is 16.2. The van der Waals surface area contributed by atoms with Crippen LogP contribution in [0, 0.1) is 5.92 Å². The number of hydrogen-bond donors (Lipinski definition) is 1. The zero-order valence-electron chi connectivity index (χ0n) is 14.0. The fourth-order valence-corrected chi connectivity index (χ4v) is 2.79. The number of carbonyl (C=O) groups is 1. The molecule has 1 amide bonds. The summed E-state index contributed by atoms with van der Waals surface area (Å²) in [5, 5.41) is 3.31. The highest BCUT2D eigenvalue weighted by Crippen LogP contribution is 2.19. The van der Waals surface area contributed by atoms with Crippen molar-refractivity contribution in [2.24, 2.45) is 5.92 Å². The van der Waals surface area contributed by atoms with Gasteiger partial charge < -0.3 is 15.1 Å². The molecule has 0 saturated carbocycles. The number of likely N-dealkylation sites (tertiary alicyclic amines) is 1. The minimum Gasteiger partial charge on any atom is -0.343 e. The van der Waals surface area contributed by atoms with Crippen molar-refractivity contribution < 1.29 is 4.79 Å². The Morgan fingerprint density at radius 2 is 1.90 bits per heavy atom. The second kappa shape index (κ2) is 8.63. The van der Waals surface area contributed by atoms with E-state index in [4.69, 9.17) is 0 Å². The summed E-state index contributed by atoms with van der Waals surface area (Å²) in [5.74, 6) is 1.06. The van der Waals surface area contributed by atoms with Crippen LogP contribution in [-0.4, -0.2) is 61.0 Å². The molecular formula is C16H33N3O. The van der Waals surface area contributed by atoms with Gasteiger partial charge in [0.1, 0.15) is 0 Å². The van der Waals surface area contributed by atoms with Crippen LogP contribution in [0.2, 0.25) is 0 Å². The zero-order chi connectivity index (χ0) is 15.1. The Balaban J connectivity index is 2.29. The Morgan fingerprint density at radius 1 is 1.30 bits per heavy atom. The van der Waals surface area contributed by atoms with Crippen molar-refractivity contribution in [2.75, 3.05) is 33.2 Å². The molecule has 20 heavy (non-hydrogen) atoms. The molecule has 0 aromatic rings. The lowest BCUT2D eigenvalue weighted by atomic mass is 9.95. The van der Waals surface area contributed by atoms with E-state index in [0.717, 1.165) is 44.9 Å². The SMILES string of the molecule is CCNC(C)CC(=O)N1CCC(CN(C)C(C)C)CC1. The molecule has 1 heterocycles. The van der Waals surface area contributed by atoms with E-state index in [1.807, 2.05) is 0 Å². The Bertz CT molecular complexity index is 285. The van der Waals surface area contributed by atoms with Gasteiger partial charge in [0.15, 0.2) is 0 Å². The number of nitrogens with zero attached hydrogens (tertiary/aromatic N) is 2. The molecule has 4 heteroatoms. The number of carbonyl (C=O) groups excluding carboxylic acids is 1. The maximum absolute atomic E-state index is 12.2.